The lowest BCUT2D eigenvalue weighted by atomic mass is 10.2. The van der Waals surface area contributed by atoms with Crippen LogP contribution in [0.5, 0.6) is 0 Å². The molecule has 0 aromatic heterocycles. The zero-order valence-corrected chi connectivity index (χ0v) is 16.7. The Labute approximate surface area is 169 Å². The van der Waals surface area contributed by atoms with Crippen molar-refractivity contribution in [1.29, 1.82) is 0 Å². The lowest BCUT2D eigenvalue weighted by molar-refractivity contribution is 0.101. The van der Waals surface area contributed by atoms with Gasteiger partial charge in [-0.3, -0.25) is 4.84 Å². The molecule has 0 saturated heterocycles. The largest absolute Gasteiger partial charge is 0.448 e. The highest BCUT2D eigenvalue weighted by Crippen LogP contribution is 2.22. The number of rotatable bonds is 6. The number of benzene rings is 2. The van der Waals surface area contributed by atoms with Crippen LogP contribution in [0.15, 0.2) is 53.7 Å². The Morgan fingerprint density at radius 2 is 2.00 bits per heavy atom. The molecule has 0 N–H and O–H groups in total. The second-order valence-corrected chi connectivity index (χ2v) is 5.95. The van der Waals surface area contributed by atoms with E-state index < -0.39 is 6.09 Å². The number of hydroxylamine groups is 1. The molecular formula is C21H21ClN2O4. The predicted octanol–water partition coefficient (Wildman–Crippen LogP) is 4.81. The number of carbonyl (C=O) groups excluding carboxylic acids is 1. The van der Waals surface area contributed by atoms with E-state index in [0.717, 1.165) is 10.6 Å². The van der Waals surface area contributed by atoms with E-state index in [4.69, 9.17) is 26.0 Å². The summed E-state index contributed by atoms with van der Waals surface area (Å²) in [4.78, 5) is 22.6. The topological polar surface area (TPSA) is 60.4 Å². The van der Waals surface area contributed by atoms with Gasteiger partial charge in [-0.1, -0.05) is 46.9 Å². The summed E-state index contributed by atoms with van der Waals surface area (Å²) in [6.45, 7) is 3.84. The van der Waals surface area contributed by atoms with Crippen molar-refractivity contribution in [2.24, 2.45) is 5.16 Å². The summed E-state index contributed by atoms with van der Waals surface area (Å²) in [5.41, 5.74) is 2.52. The van der Waals surface area contributed by atoms with Gasteiger partial charge in [0.25, 0.3) is 0 Å². The van der Waals surface area contributed by atoms with Crippen LogP contribution in [0.3, 0.4) is 0 Å². The first-order valence-corrected chi connectivity index (χ1v) is 8.96. The maximum absolute atomic E-state index is 12.0. The fourth-order valence-corrected chi connectivity index (χ4v) is 2.42. The highest BCUT2D eigenvalue weighted by atomic mass is 35.5. The number of anilines is 1. The molecule has 2 aromatic rings. The van der Waals surface area contributed by atoms with Gasteiger partial charge >= 0.3 is 6.09 Å². The van der Waals surface area contributed by atoms with E-state index >= 15 is 0 Å². The van der Waals surface area contributed by atoms with Crippen molar-refractivity contribution in [2.75, 3.05) is 18.8 Å². The van der Waals surface area contributed by atoms with Crippen LogP contribution in [0.1, 0.15) is 25.0 Å². The van der Waals surface area contributed by atoms with Gasteiger partial charge < -0.3 is 9.57 Å². The number of carbonyl (C=O) groups is 1. The molecule has 0 bridgehead atoms. The molecule has 0 fully saturated rings. The summed E-state index contributed by atoms with van der Waals surface area (Å²) in [6, 6.07) is 14.4. The third-order valence-corrected chi connectivity index (χ3v) is 3.70. The van der Waals surface area contributed by atoms with Crippen molar-refractivity contribution >= 4 is 29.1 Å². The zero-order chi connectivity index (χ0) is 20.4. The number of ether oxygens (including phenoxy) is 1. The van der Waals surface area contributed by atoms with Gasteiger partial charge in [-0.2, -0.15) is 5.06 Å². The molecule has 0 heterocycles. The summed E-state index contributed by atoms with van der Waals surface area (Å²) in [5.74, 6) is 5.87. The van der Waals surface area contributed by atoms with Crippen molar-refractivity contribution in [3.8, 4) is 11.8 Å². The molecule has 0 aliphatic carbocycles. The lowest BCUT2D eigenvalue weighted by Gasteiger charge is -2.21. The summed E-state index contributed by atoms with van der Waals surface area (Å²) in [6.07, 6.45) is -0.607. The van der Waals surface area contributed by atoms with Gasteiger partial charge in [-0.25, -0.2) is 4.79 Å². The summed E-state index contributed by atoms with van der Waals surface area (Å²) in [5, 5.41) is 5.69. The van der Waals surface area contributed by atoms with Crippen LogP contribution in [-0.4, -0.2) is 25.5 Å². The number of amides is 1. The van der Waals surface area contributed by atoms with Crippen LogP contribution in [-0.2, 0) is 21.0 Å². The first kappa shape index (κ1) is 21.3. The van der Waals surface area contributed by atoms with E-state index in [1.54, 1.807) is 38.1 Å². The van der Waals surface area contributed by atoms with Gasteiger partial charge in [-0.15, -0.1) is 0 Å². The van der Waals surface area contributed by atoms with E-state index in [9.17, 15) is 4.79 Å². The minimum atomic E-state index is -0.607. The highest BCUT2D eigenvalue weighted by Gasteiger charge is 2.19. The smallest absolute Gasteiger partial charge is 0.438 e. The molecule has 146 valence electrons. The third kappa shape index (κ3) is 6.31. The number of para-hydroxylation sites is 1. The monoisotopic (exact) mass is 400 g/mol. The van der Waals surface area contributed by atoms with Crippen LogP contribution in [0.25, 0.3) is 0 Å². The molecule has 0 saturated carbocycles. The van der Waals surface area contributed by atoms with E-state index in [-0.39, 0.29) is 13.2 Å². The van der Waals surface area contributed by atoms with Crippen molar-refractivity contribution in [3.63, 3.8) is 0 Å². The number of halogens is 1. The molecular weight excluding hydrogens is 380 g/mol. The van der Waals surface area contributed by atoms with E-state index in [0.29, 0.717) is 22.0 Å². The Kier molecular flexibility index (Phi) is 8.35. The Balaban J connectivity index is 2.07. The molecule has 7 heteroatoms. The Hall–Kier alpha value is -3.01. The average molecular weight is 401 g/mol. The van der Waals surface area contributed by atoms with E-state index in [2.05, 4.69) is 17.0 Å². The minimum absolute atomic E-state index is 0.131. The molecule has 0 atom stereocenters. The summed E-state index contributed by atoms with van der Waals surface area (Å²) in [7, 11) is 1.39. The minimum Gasteiger partial charge on any atom is -0.448 e. The highest BCUT2D eigenvalue weighted by molar-refractivity contribution is 6.30. The van der Waals surface area contributed by atoms with Gasteiger partial charge in [0, 0.05) is 16.1 Å². The van der Waals surface area contributed by atoms with Crippen LogP contribution in [0.4, 0.5) is 10.5 Å². The lowest BCUT2D eigenvalue weighted by Crippen LogP contribution is -2.31. The van der Waals surface area contributed by atoms with Gasteiger partial charge in [0.05, 0.1) is 19.4 Å². The molecule has 0 radical (unpaired) electrons. The van der Waals surface area contributed by atoms with Crippen LogP contribution < -0.4 is 5.06 Å². The van der Waals surface area contributed by atoms with Gasteiger partial charge in [0.1, 0.15) is 12.3 Å². The molecule has 2 aromatic carbocycles. The average Bonchev–Trinajstić information content (AvgIpc) is 2.68. The number of hydrogen-bond donors (Lipinski definition) is 0. The Morgan fingerprint density at radius 1 is 1.21 bits per heavy atom. The van der Waals surface area contributed by atoms with Crippen LogP contribution >= 0.6 is 11.6 Å². The molecule has 0 aliphatic rings. The fraction of sp³-hybridized carbons (Fsp3) is 0.238. The number of oxime groups is 1. The van der Waals surface area contributed by atoms with Crippen LogP contribution in [0, 0.1) is 11.8 Å². The van der Waals surface area contributed by atoms with Crippen molar-refractivity contribution in [3.05, 3.63) is 64.7 Å². The van der Waals surface area contributed by atoms with Crippen molar-refractivity contribution in [1.82, 2.24) is 0 Å². The first-order chi connectivity index (χ1) is 13.5. The maximum Gasteiger partial charge on any atom is 0.438 e. The van der Waals surface area contributed by atoms with Gasteiger partial charge in [-0.05, 0) is 44.0 Å². The molecule has 0 unspecified atom stereocenters. The SMILES string of the molecule is CCOC(=O)N(OC)c1ccccc1CO/N=C(\C)C#Cc1cccc(Cl)c1. The summed E-state index contributed by atoms with van der Waals surface area (Å²) < 4.78 is 5.00. The van der Waals surface area contributed by atoms with Crippen molar-refractivity contribution in [2.45, 2.75) is 20.5 Å². The Morgan fingerprint density at radius 3 is 2.71 bits per heavy atom. The van der Waals surface area contributed by atoms with E-state index in [1.165, 1.54) is 7.11 Å². The predicted molar refractivity (Wildman–Crippen MR) is 109 cm³/mol. The third-order valence-electron chi connectivity index (χ3n) is 3.46. The zero-order valence-electron chi connectivity index (χ0n) is 15.9. The van der Waals surface area contributed by atoms with Gasteiger partial charge in [0.2, 0.25) is 0 Å². The summed E-state index contributed by atoms with van der Waals surface area (Å²) >= 11 is 5.94. The molecule has 2 rings (SSSR count). The molecule has 0 aliphatic heterocycles. The number of nitrogens with zero attached hydrogens (tertiary/aromatic N) is 2. The molecule has 1 amide bonds. The van der Waals surface area contributed by atoms with Gasteiger partial charge in [0.15, 0.2) is 0 Å². The van der Waals surface area contributed by atoms with Crippen LogP contribution in [0.2, 0.25) is 5.02 Å². The van der Waals surface area contributed by atoms with E-state index in [1.807, 2.05) is 24.3 Å². The second-order valence-electron chi connectivity index (χ2n) is 5.52. The normalized spacial score (nSPS) is 10.6. The van der Waals surface area contributed by atoms with Crippen molar-refractivity contribution < 1.29 is 19.2 Å². The standard InChI is InChI=1S/C21H21ClN2O4/c1-4-27-21(25)24(26-3)20-11-6-5-9-18(20)15-28-23-16(2)12-13-17-8-7-10-19(22)14-17/h5-11,14H,4,15H2,1-3H3/b23-16+. The second kappa shape index (κ2) is 11.0. The molecule has 28 heavy (non-hydrogen) atoms. The molecule has 0 spiro atoms. The Bertz CT molecular complexity index is 903. The fourth-order valence-electron chi connectivity index (χ4n) is 2.23. The maximum atomic E-state index is 12.0. The quantitative estimate of drug-likeness (QED) is 0.396. The first-order valence-electron chi connectivity index (χ1n) is 8.58. The molecule has 6 nitrogen and oxygen atoms in total. The number of hydrogen-bond acceptors (Lipinski definition) is 5.